The number of anilines is 1. The topological polar surface area (TPSA) is 40.5 Å². The molecule has 1 unspecified atom stereocenters. The number of aryl methyl sites for hydroxylation is 1. The number of benzene rings is 1. The van der Waals surface area contributed by atoms with Crippen LogP contribution in [0.5, 0.6) is 0 Å². The van der Waals surface area contributed by atoms with Gasteiger partial charge in [0.1, 0.15) is 0 Å². The van der Waals surface area contributed by atoms with Crippen LogP contribution in [0.15, 0.2) is 30.3 Å². The van der Waals surface area contributed by atoms with E-state index in [2.05, 4.69) is 42.3 Å². The number of thiophene rings is 1. The third kappa shape index (κ3) is 3.02. The van der Waals surface area contributed by atoms with Crippen LogP contribution in [0.4, 0.5) is 5.69 Å². The lowest BCUT2D eigenvalue weighted by Crippen LogP contribution is -2.24. The third-order valence-corrected chi connectivity index (χ3v) is 5.67. The molecular weight excluding hydrogens is 294 g/mol. The smallest absolute Gasteiger partial charge is 0.303 e. The van der Waals surface area contributed by atoms with Gasteiger partial charge in [-0.15, -0.1) is 11.3 Å². The maximum Gasteiger partial charge on any atom is 0.303 e. The van der Waals surface area contributed by atoms with E-state index in [1.807, 2.05) is 6.92 Å². The second kappa shape index (κ2) is 6.13. The fraction of sp³-hybridized carbons (Fsp3) is 0.389. The Kier molecular flexibility index (Phi) is 4.21. The van der Waals surface area contributed by atoms with Crippen LogP contribution in [0.1, 0.15) is 36.1 Å². The van der Waals surface area contributed by atoms with Gasteiger partial charge in [0.2, 0.25) is 0 Å². The van der Waals surface area contributed by atoms with Crippen molar-refractivity contribution in [3.05, 3.63) is 40.8 Å². The molecule has 3 nitrogen and oxygen atoms in total. The first-order valence-electron chi connectivity index (χ1n) is 7.70. The van der Waals surface area contributed by atoms with Crippen molar-refractivity contribution in [2.75, 3.05) is 18.5 Å². The third-order valence-electron chi connectivity index (χ3n) is 4.31. The maximum atomic E-state index is 10.9. The van der Waals surface area contributed by atoms with Crippen molar-refractivity contribution >= 4 is 23.0 Å². The highest BCUT2D eigenvalue weighted by atomic mass is 32.1. The normalized spacial score (nSPS) is 15.5. The van der Waals surface area contributed by atoms with Crippen molar-refractivity contribution in [3.63, 3.8) is 0 Å². The Bertz CT molecular complexity index is 692. The molecule has 0 amide bonds. The van der Waals surface area contributed by atoms with Crippen LogP contribution in [0.2, 0.25) is 0 Å². The summed E-state index contributed by atoms with van der Waals surface area (Å²) in [6, 6.07) is 10.9. The van der Waals surface area contributed by atoms with E-state index in [1.165, 1.54) is 28.1 Å². The minimum atomic E-state index is -0.737. The molecule has 0 spiro atoms. The first-order chi connectivity index (χ1) is 10.5. The van der Waals surface area contributed by atoms with Gasteiger partial charge in [-0.3, -0.25) is 4.79 Å². The summed E-state index contributed by atoms with van der Waals surface area (Å²) in [7, 11) is 2.15. The van der Waals surface area contributed by atoms with Gasteiger partial charge in [0.15, 0.2) is 0 Å². The number of nitrogens with zero attached hydrogens (tertiary/aromatic N) is 1. The molecule has 2 aromatic rings. The van der Waals surface area contributed by atoms with Crippen LogP contribution < -0.4 is 4.90 Å². The van der Waals surface area contributed by atoms with Gasteiger partial charge >= 0.3 is 5.97 Å². The highest BCUT2D eigenvalue weighted by Gasteiger charge is 2.16. The molecule has 3 rings (SSSR count). The van der Waals surface area contributed by atoms with Crippen molar-refractivity contribution in [2.45, 2.75) is 32.1 Å². The molecule has 0 saturated carbocycles. The Balaban J connectivity index is 1.86. The van der Waals surface area contributed by atoms with Crippen molar-refractivity contribution in [2.24, 2.45) is 0 Å². The molecule has 0 fully saturated rings. The Hall–Kier alpha value is -1.81. The lowest BCUT2D eigenvalue weighted by atomic mass is 9.99. The Morgan fingerprint density at radius 1 is 1.36 bits per heavy atom. The van der Waals surface area contributed by atoms with Crippen LogP contribution in [0.3, 0.4) is 0 Å². The number of carboxylic acids is 1. The summed E-state index contributed by atoms with van der Waals surface area (Å²) < 4.78 is 0. The van der Waals surface area contributed by atoms with Crippen LogP contribution in [-0.4, -0.2) is 24.7 Å². The highest BCUT2D eigenvalue weighted by Crippen LogP contribution is 2.36. The summed E-state index contributed by atoms with van der Waals surface area (Å²) in [6.07, 6.45) is 2.54. The van der Waals surface area contributed by atoms with Gasteiger partial charge in [-0.1, -0.05) is 13.0 Å². The largest absolute Gasteiger partial charge is 0.481 e. The van der Waals surface area contributed by atoms with E-state index in [4.69, 9.17) is 5.11 Å². The van der Waals surface area contributed by atoms with Gasteiger partial charge in [-0.25, -0.2) is 0 Å². The molecule has 0 aliphatic carbocycles. The van der Waals surface area contributed by atoms with Crippen LogP contribution >= 0.6 is 11.3 Å². The number of carboxylic acid groups (broad SMARTS) is 1. The van der Waals surface area contributed by atoms with Crippen molar-refractivity contribution in [1.82, 2.24) is 0 Å². The standard InChI is InChI=1S/C18H21NO2S/c1-12(10-18(20)21)16-7-8-17(22-16)14-5-6-15-13(11-14)4-3-9-19(15)2/h5-8,11-12H,3-4,9-10H2,1-2H3,(H,20,21). The molecule has 116 valence electrons. The van der Waals surface area contributed by atoms with Crippen LogP contribution in [0, 0.1) is 0 Å². The van der Waals surface area contributed by atoms with Gasteiger partial charge in [-0.2, -0.15) is 0 Å². The lowest BCUT2D eigenvalue weighted by Gasteiger charge is -2.27. The average molecular weight is 315 g/mol. The summed E-state index contributed by atoms with van der Waals surface area (Å²) in [5, 5.41) is 8.93. The number of hydrogen-bond donors (Lipinski definition) is 1. The fourth-order valence-electron chi connectivity index (χ4n) is 3.07. The highest BCUT2D eigenvalue weighted by molar-refractivity contribution is 7.15. The van der Waals surface area contributed by atoms with E-state index in [9.17, 15) is 4.79 Å². The number of aliphatic carboxylic acids is 1. The quantitative estimate of drug-likeness (QED) is 0.910. The molecule has 0 saturated heterocycles. The minimum absolute atomic E-state index is 0.0695. The van der Waals surface area contributed by atoms with E-state index >= 15 is 0 Å². The molecule has 1 aromatic heterocycles. The van der Waals surface area contributed by atoms with Crippen molar-refractivity contribution in [1.29, 1.82) is 0 Å². The zero-order chi connectivity index (χ0) is 15.7. The van der Waals surface area contributed by atoms with Gasteiger partial charge in [0.25, 0.3) is 0 Å². The molecule has 1 aliphatic rings. The molecule has 0 radical (unpaired) electrons. The van der Waals surface area contributed by atoms with Gasteiger partial charge in [0.05, 0.1) is 6.42 Å². The van der Waals surface area contributed by atoms with Gasteiger partial charge < -0.3 is 10.0 Å². The summed E-state index contributed by atoms with van der Waals surface area (Å²) in [5.41, 5.74) is 4.00. The predicted octanol–water partition coefficient (Wildman–Crippen LogP) is 4.38. The molecule has 0 bridgehead atoms. The molecule has 1 aliphatic heterocycles. The zero-order valence-electron chi connectivity index (χ0n) is 13.0. The Morgan fingerprint density at radius 2 is 2.18 bits per heavy atom. The SMILES string of the molecule is CC(CC(=O)O)c1ccc(-c2ccc3c(c2)CCCN3C)s1. The minimum Gasteiger partial charge on any atom is -0.481 e. The van der Waals surface area contributed by atoms with E-state index in [0.29, 0.717) is 0 Å². The van der Waals surface area contributed by atoms with Crippen LogP contribution in [-0.2, 0) is 11.2 Å². The molecule has 4 heteroatoms. The van der Waals surface area contributed by atoms with Crippen molar-refractivity contribution in [3.8, 4) is 10.4 Å². The Morgan fingerprint density at radius 3 is 2.95 bits per heavy atom. The summed E-state index contributed by atoms with van der Waals surface area (Å²) in [6.45, 7) is 3.10. The molecule has 1 aromatic carbocycles. The average Bonchev–Trinajstić information content (AvgIpc) is 2.96. The molecule has 22 heavy (non-hydrogen) atoms. The van der Waals surface area contributed by atoms with Gasteiger partial charge in [-0.05, 0) is 48.2 Å². The fourth-order valence-corrected chi connectivity index (χ4v) is 4.13. The zero-order valence-corrected chi connectivity index (χ0v) is 13.8. The maximum absolute atomic E-state index is 10.9. The molecular formula is C18H21NO2S. The number of rotatable bonds is 4. The Labute approximate surface area is 135 Å². The first kappa shape index (κ1) is 15.1. The number of hydrogen-bond acceptors (Lipinski definition) is 3. The molecule has 2 heterocycles. The summed E-state index contributed by atoms with van der Waals surface area (Å²) >= 11 is 1.71. The van der Waals surface area contributed by atoms with E-state index in [0.717, 1.165) is 17.8 Å². The molecule has 1 atom stereocenters. The summed E-state index contributed by atoms with van der Waals surface area (Å²) in [5.74, 6) is -0.667. The summed E-state index contributed by atoms with van der Waals surface area (Å²) in [4.78, 5) is 15.5. The predicted molar refractivity (Wildman–Crippen MR) is 92.0 cm³/mol. The second-order valence-electron chi connectivity index (χ2n) is 6.07. The molecule has 1 N–H and O–H groups in total. The van der Waals surface area contributed by atoms with Crippen LogP contribution in [0.25, 0.3) is 10.4 Å². The number of carbonyl (C=O) groups is 1. The number of fused-ring (bicyclic) bond motifs is 1. The lowest BCUT2D eigenvalue weighted by molar-refractivity contribution is -0.137. The van der Waals surface area contributed by atoms with Gasteiger partial charge in [0, 0.05) is 35.0 Å². The monoisotopic (exact) mass is 315 g/mol. The second-order valence-corrected chi connectivity index (χ2v) is 7.18. The van der Waals surface area contributed by atoms with E-state index < -0.39 is 5.97 Å². The first-order valence-corrected chi connectivity index (χ1v) is 8.52. The van der Waals surface area contributed by atoms with Crippen molar-refractivity contribution < 1.29 is 9.90 Å². The van der Waals surface area contributed by atoms with E-state index in [-0.39, 0.29) is 12.3 Å². The van der Waals surface area contributed by atoms with E-state index in [1.54, 1.807) is 11.3 Å².